The van der Waals surface area contributed by atoms with E-state index in [1.807, 2.05) is 4.90 Å². The highest BCUT2D eigenvalue weighted by molar-refractivity contribution is 5.75. The van der Waals surface area contributed by atoms with Crippen molar-refractivity contribution in [2.45, 2.75) is 12.3 Å². The summed E-state index contributed by atoms with van der Waals surface area (Å²) in [4.78, 5) is 14.7. The predicted octanol–water partition coefficient (Wildman–Crippen LogP) is 0.0658. The molecule has 8 heteroatoms. The van der Waals surface area contributed by atoms with Gasteiger partial charge in [-0.1, -0.05) is 0 Å². The van der Waals surface area contributed by atoms with Crippen molar-refractivity contribution < 1.29 is 27.4 Å². The number of hydrogen-bond acceptors (Lipinski definition) is 5. The molecule has 104 valence electrons. The first-order valence-corrected chi connectivity index (χ1v) is 5.75. The molecule has 0 N–H and O–H groups in total. The monoisotopic (exact) mass is 268 g/mol. The Hall–Kier alpha value is -0.860. The van der Waals surface area contributed by atoms with E-state index in [2.05, 4.69) is 9.64 Å². The lowest BCUT2D eigenvalue weighted by molar-refractivity contribution is -0.212. The van der Waals surface area contributed by atoms with Crippen LogP contribution in [-0.4, -0.2) is 74.1 Å². The van der Waals surface area contributed by atoms with Crippen LogP contribution < -0.4 is 0 Å². The van der Waals surface area contributed by atoms with Crippen molar-refractivity contribution in [3.05, 3.63) is 0 Å². The summed E-state index contributed by atoms with van der Waals surface area (Å²) in [6, 6.07) is 0. The molecular weight excluding hydrogens is 253 g/mol. The Morgan fingerprint density at radius 1 is 1.22 bits per heavy atom. The zero-order valence-corrected chi connectivity index (χ0v) is 9.78. The number of morpholine rings is 1. The maximum atomic E-state index is 11.9. The van der Waals surface area contributed by atoms with Gasteiger partial charge in [-0.2, -0.15) is 13.2 Å². The Labute approximate surface area is 102 Å². The normalized spacial score (nSPS) is 23.7. The number of nitrogens with zero attached hydrogens (tertiary/aromatic N) is 2. The lowest BCUT2D eigenvalue weighted by Crippen LogP contribution is -2.58. The average Bonchev–Trinajstić information content (AvgIpc) is 2.26. The van der Waals surface area contributed by atoms with Crippen LogP contribution in [-0.2, 0) is 14.3 Å². The molecule has 0 aliphatic carbocycles. The summed E-state index contributed by atoms with van der Waals surface area (Å²) in [5.41, 5.74) is 0. The summed E-state index contributed by atoms with van der Waals surface area (Å²) < 4.78 is 45.3. The van der Waals surface area contributed by atoms with Crippen LogP contribution >= 0.6 is 0 Å². The van der Waals surface area contributed by atoms with Gasteiger partial charge >= 0.3 is 12.1 Å². The molecule has 0 aromatic heterocycles. The third-order valence-corrected chi connectivity index (χ3v) is 2.93. The van der Waals surface area contributed by atoms with E-state index < -0.39 is 18.2 Å². The van der Waals surface area contributed by atoms with Crippen LogP contribution in [0, 0.1) is 0 Å². The number of alkyl halides is 3. The third kappa shape index (κ3) is 3.56. The van der Waals surface area contributed by atoms with Gasteiger partial charge in [0.15, 0.2) is 0 Å². The molecule has 2 aliphatic heterocycles. The Kier molecular flexibility index (Phi) is 4.08. The molecule has 0 aromatic rings. The quantitative estimate of drug-likeness (QED) is 0.677. The smallest absolute Gasteiger partial charge is 0.453 e. The van der Waals surface area contributed by atoms with Crippen molar-refractivity contribution in [1.29, 1.82) is 0 Å². The van der Waals surface area contributed by atoms with Crippen LogP contribution in [0.3, 0.4) is 0 Å². The summed E-state index contributed by atoms with van der Waals surface area (Å²) in [7, 11) is 0. The molecule has 0 radical (unpaired) electrons. The topological polar surface area (TPSA) is 42.0 Å². The molecule has 18 heavy (non-hydrogen) atoms. The van der Waals surface area contributed by atoms with E-state index in [0.29, 0.717) is 33.0 Å². The van der Waals surface area contributed by atoms with Gasteiger partial charge in [0.1, 0.15) is 6.10 Å². The van der Waals surface area contributed by atoms with Gasteiger partial charge in [0.25, 0.3) is 0 Å². The Bertz CT molecular complexity index is 299. The van der Waals surface area contributed by atoms with E-state index in [1.165, 1.54) is 0 Å². The van der Waals surface area contributed by atoms with Gasteiger partial charge < -0.3 is 9.47 Å². The van der Waals surface area contributed by atoms with Crippen LogP contribution in [0.15, 0.2) is 0 Å². The number of carbonyl (C=O) groups excluding carboxylic acids is 1. The van der Waals surface area contributed by atoms with Gasteiger partial charge in [-0.15, -0.1) is 0 Å². The van der Waals surface area contributed by atoms with Gasteiger partial charge in [0.05, 0.1) is 19.9 Å². The largest absolute Gasteiger partial charge is 0.490 e. The molecule has 0 aromatic carbocycles. The molecule has 2 aliphatic rings. The first-order chi connectivity index (χ1) is 8.45. The van der Waals surface area contributed by atoms with Crippen LogP contribution in [0.5, 0.6) is 0 Å². The molecule has 0 unspecified atom stereocenters. The van der Waals surface area contributed by atoms with Crippen molar-refractivity contribution in [2.24, 2.45) is 0 Å². The molecule has 2 fully saturated rings. The summed E-state index contributed by atoms with van der Waals surface area (Å²) in [5.74, 6) is -2.10. The Morgan fingerprint density at radius 2 is 1.83 bits per heavy atom. The zero-order valence-electron chi connectivity index (χ0n) is 9.78. The van der Waals surface area contributed by atoms with E-state index in [-0.39, 0.29) is 0 Å². The van der Waals surface area contributed by atoms with E-state index in [1.54, 1.807) is 0 Å². The molecule has 0 bridgehead atoms. The lowest BCUT2D eigenvalue weighted by atomic mass is 10.2. The first-order valence-electron chi connectivity index (χ1n) is 5.75. The van der Waals surface area contributed by atoms with Crippen LogP contribution in [0.25, 0.3) is 0 Å². The molecule has 2 rings (SSSR count). The Balaban J connectivity index is 1.63. The number of halogens is 3. The molecular formula is C10H15F3N2O3. The Morgan fingerprint density at radius 3 is 2.39 bits per heavy atom. The highest BCUT2D eigenvalue weighted by atomic mass is 19.4. The van der Waals surface area contributed by atoms with Gasteiger partial charge in [0.2, 0.25) is 0 Å². The molecule has 2 saturated heterocycles. The highest BCUT2D eigenvalue weighted by Crippen LogP contribution is 2.20. The molecule has 5 nitrogen and oxygen atoms in total. The van der Waals surface area contributed by atoms with E-state index in [4.69, 9.17) is 4.74 Å². The molecule has 0 spiro atoms. The van der Waals surface area contributed by atoms with Crippen molar-refractivity contribution in [2.75, 3.05) is 46.1 Å². The molecule has 0 saturated carbocycles. The second-order valence-electron chi connectivity index (χ2n) is 4.43. The number of ether oxygens (including phenoxy) is 2. The minimum atomic E-state index is -4.90. The molecule has 0 atom stereocenters. The highest BCUT2D eigenvalue weighted by Gasteiger charge is 2.44. The number of carbonyl (C=O) groups is 1. The number of likely N-dealkylation sites (tertiary alicyclic amines) is 1. The minimum Gasteiger partial charge on any atom is -0.453 e. The lowest BCUT2D eigenvalue weighted by Gasteiger charge is -2.42. The predicted molar refractivity (Wildman–Crippen MR) is 54.8 cm³/mol. The van der Waals surface area contributed by atoms with Crippen molar-refractivity contribution in [3.8, 4) is 0 Å². The maximum Gasteiger partial charge on any atom is 0.490 e. The number of rotatable bonds is 3. The van der Waals surface area contributed by atoms with E-state index >= 15 is 0 Å². The SMILES string of the molecule is O=C(OC1CN(CN2CCOCC2)C1)C(F)(F)F. The third-order valence-electron chi connectivity index (χ3n) is 2.93. The minimum absolute atomic E-state index is 0.360. The van der Waals surface area contributed by atoms with Gasteiger partial charge in [-0.05, 0) is 0 Å². The fourth-order valence-corrected chi connectivity index (χ4v) is 1.96. The first kappa shape index (κ1) is 13.6. The fraction of sp³-hybridized carbons (Fsp3) is 0.900. The van der Waals surface area contributed by atoms with Crippen LogP contribution in [0.1, 0.15) is 0 Å². The number of esters is 1. The molecule has 2 heterocycles. The van der Waals surface area contributed by atoms with Gasteiger partial charge in [-0.25, -0.2) is 4.79 Å². The van der Waals surface area contributed by atoms with Crippen molar-refractivity contribution in [3.63, 3.8) is 0 Å². The summed E-state index contributed by atoms with van der Waals surface area (Å²) in [6.45, 7) is 4.41. The summed E-state index contributed by atoms with van der Waals surface area (Å²) >= 11 is 0. The second kappa shape index (κ2) is 5.41. The van der Waals surface area contributed by atoms with E-state index in [0.717, 1.165) is 13.1 Å². The number of hydrogen-bond donors (Lipinski definition) is 0. The summed E-state index contributed by atoms with van der Waals surface area (Å²) in [6.07, 6.45) is -5.54. The second-order valence-corrected chi connectivity index (χ2v) is 4.43. The standard InChI is InChI=1S/C10H15F3N2O3/c11-10(12,13)9(16)18-8-5-15(6-8)7-14-1-3-17-4-2-14/h8H,1-7H2. The van der Waals surface area contributed by atoms with Crippen LogP contribution in [0.2, 0.25) is 0 Å². The zero-order chi connectivity index (χ0) is 13.2. The van der Waals surface area contributed by atoms with Gasteiger partial charge in [-0.3, -0.25) is 9.80 Å². The van der Waals surface area contributed by atoms with E-state index in [9.17, 15) is 18.0 Å². The van der Waals surface area contributed by atoms with Crippen molar-refractivity contribution in [1.82, 2.24) is 9.80 Å². The fourth-order valence-electron chi connectivity index (χ4n) is 1.96. The van der Waals surface area contributed by atoms with Crippen molar-refractivity contribution >= 4 is 5.97 Å². The van der Waals surface area contributed by atoms with Crippen LogP contribution in [0.4, 0.5) is 13.2 Å². The van der Waals surface area contributed by atoms with Gasteiger partial charge in [0, 0.05) is 26.2 Å². The molecule has 0 amide bonds. The maximum absolute atomic E-state index is 11.9. The summed E-state index contributed by atoms with van der Waals surface area (Å²) in [5, 5.41) is 0. The average molecular weight is 268 g/mol.